The van der Waals surface area contributed by atoms with Crippen molar-refractivity contribution in [2.24, 2.45) is 5.73 Å². The summed E-state index contributed by atoms with van der Waals surface area (Å²) in [7, 11) is 1.33. The van der Waals surface area contributed by atoms with E-state index in [1.54, 1.807) is 0 Å². The highest BCUT2D eigenvalue weighted by atomic mass is 32.2. The Morgan fingerprint density at radius 1 is 1.67 bits per heavy atom. The Hall–Kier alpha value is -1.15. The van der Waals surface area contributed by atoms with E-state index in [2.05, 4.69) is 20.3 Å². The van der Waals surface area contributed by atoms with Crippen LogP contribution in [0.4, 0.5) is 0 Å². The highest BCUT2D eigenvalue weighted by molar-refractivity contribution is 7.99. The number of aromatic nitrogens is 4. The van der Waals surface area contributed by atoms with E-state index in [1.807, 2.05) is 0 Å². The summed E-state index contributed by atoms with van der Waals surface area (Å²) in [5.41, 5.74) is 5.36. The number of carbonyl (C=O) groups is 1. The smallest absolute Gasteiger partial charge is 0.327 e. The number of carbonyl (C=O) groups excluding carboxylic acids is 1. The van der Waals surface area contributed by atoms with Crippen molar-refractivity contribution < 1.29 is 9.53 Å². The van der Waals surface area contributed by atoms with Gasteiger partial charge in [0.05, 0.1) is 7.11 Å². The van der Waals surface area contributed by atoms with Gasteiger partial charge in [-0.05, 0) is 23.4 Å². The van der Waals surface area contributed by atoms with Gasteiger partial charge in [0.2, 0.25) is 5.16 Å². The zero-order valence-electron chi connectivity index (χ0n) is 8.42. The summed E-state index contributed by atoms with van der Waals surface area (Å²) in [5.74, 6) is 0.459. The van der Waals surface area contributed by atoms with Crippen molar-refractivity contribution in [3.63, 3.8) is 0 Å². The molecule has 0 saturated heterocycles. The van der Waals surface area contributed by atoms with Gasteiger partial charge in [0.15, 0.2) is 0 Å². The fourth-order valence-corrected chi connectivity index (χ4v) is 1.67. The predicted molar refractivity (Wildman–Crippen MR) is 54.2 cm³/mol. The normalized spacial score (nSPS) is 10.3. The van der Waals surface area contributed by atoms with Crippen LogP contribution in [0.5, 0.6) is 0 Å². The lowest BCUT2D eigenvalue weighted by molar-refractivity contribution is -0.141. The van der Waals surface area contributed by atoms with E-state index in [-0.39, 0.29) is 12.5 Å². The molecule has 8 heteroatoms. The van der Waals surface area contributed by atoms with E-state index in [9.17, 15) is 4.79 Å². The van der Waals surface area contributed by atoms with Crippen molar-refractivity contribution in [2.75, 3.05) is 19.4 Å². The van der Waals surface area contributed by atoms with Gasteiger partial charge >= 0.3 is 5.97 Å². The number of ether oxygens (including phenoxy) is 1. The van der Waals surface area contributed by atoms with Crippen LogP contribution in [0.1, 0.15) is 6.42 Å². The molecular formula is C7H13N5O2S. The number of rotatable bonds is 6. The summed E-state index contributed by atoms with van der Waals surface area (Å²) < 4.78 is 5.93. The fourth-order valence-electron chi connectivity index (χ4n) is 0.833. The minimum atomic E-state index is -0.372. The van der Waals surface area contributed by atoms with Crippen LogP contribution in [0.15, 0.2) is 5.16 Å². The molecular weight excluding hydrogens is 218 g/mol. The molecule has 0 spiro atoms. The molecule has 1 aromatic heterocycles. The van der Waals surface area contributed by atoms with Crippen LogP contribution in [-0.2, 0) is 16.1 Å². The van der Waals surface area contributed by atoms with E-state index in [0.29, 0.717) is 11.7 Å². The molecule has 0 aromatic carbocycles. The lowest BCUT2D eigenvalue weighted by Gasteiger charge is -2.01. The number of tetrazole rings is 1. The maximum absolute atomic E-state index is 11.0. The Morgan fingerprint density at radius 2 is 2.47 bits per heavy atom. The summed E-state index contributed by atoms with van der Waals surface area (Å²) in [5, 5.41) is 11.6. The van der Waals surface area contributed by atoms with Gasteiger partial charge in [-0.2, -0.15) is 0 Å². The van der Waals surface area contributed by atoms with Gasteiger partial charge in [-0.1, -0.05) is 11.8 Å². The average molecular weight is 231 g/mol. The molecule has 0 bridgehead atoms. The van der Waals surface area contributed by atoms with Gasteiger partial charge in [-0.15, -0.1) is 5.10 Å². The number of nitrogens with zero attached hydrogens (tertiary/aromatic N) is 4. The molecule has 2 N–H and O–H groups in total. The molecule has 1 heterocycles. The largest absolute Gasteiger partial charge is 0.468 e. The molecule has 1 rings (SSSR count). The first-order chi connectivity index (χ1) is 7.27. The van der Waals surface area contributed by atoms with Crippen LogP contribution in [0.3, 0.4) is 0 Å². The maximum atomic E-state index is 11.0. The number of methoxy groups -OCH3 is 1. The van der Waals surface area contributed by atoms with Gasteiger partial charge in [0.25, 0.3) is 0 Å². The number of nitrogens with two attached hydrogens (primary N) is 1. The molecule has 0 atom stereocenters. The fraction of sp³-hybridized carbons (Fsp3) is 0.714. The van der Waals surface area contributed by atoms with Crippen molar-refractivity contribution in [2.45, 2.75) is 18.1 Å². The molecule has 0 aliphatic rings. The van der Waals surface area contributed by atoms with Crippen molar-refractivity contribution >= 4 is 17.7 Å². The Morgan fingerprint density at radius 3 is 3.13 bits per heavy atom. The highest BCUT2D eigenvalue weighted by Crippen LogP contribution is 2.13. The van der Waals surface area contributed by atoms with Gasteiger partial charge < -0.3 is 10.5 Å². The van der Waals surface area contributed by atoms with Crippen molar-refractivity contribution in [1.29, 1.82) is 0 Å². The quantitative estimate of drug-likeness (QED) is 0.392. The third-order valence-electron chi connectivity index (χ3n) is 1.59. The SMILES string of the molecule is COC(=O)Cn1nnnc1SCCCN. The van der Waals surface area contributed by atoms with Crippen LogP contribution in [0.25, 0.3) is 0 Å². The average Bonchev–Trinajstić information content (AvgIpc) is 2.66. The van der Waals surface area contributed by atoms with Crippen LogP contribution in [-0.4, -0.2) is 45.6 Å². The maximum Gasteiger partial charge on any atom is 0.327 e. The molecule has 0 unspecified atom stereocenters. The van der Waals surface area contributed by atoms with E-state index in [0.717, 1.165) is 12.2 Å². The Bertz CT molecular complexity index is 316. The third-order valence-corrected chi connectivity index (χ3v) is 2.63. The Balaban J connectivity index is 2.49. The van der Waals surface area contributed by atoms with Gasteiger partial charge in [-0.3, -0.25) is 4.79 Å². The molecule has 84 valence electrons. The van der Waals surface area contributed by atoms with Gasteiger partial charge in [0.1, 0.15) is 6.54 Å². The topological polar surface area (TPSA) is 95.9 Å². The Kier molecular flexibility index (Phi) is 5.05. The second-order valence-electron chi connectivity index (χ2n) is 2.69. The minimum Gasteiger partial charge on any atom is -0.468 e. The second kappa shape index (κ2) is 6.36. The van der Waals surface area contributed by atoms with Crippen LogP contribution in [0.2, 0.25) is 0 Å². The predicted octanol–water partition coefficient (Wildman–Crippen LogP) is -0.713. The number of hydrogen-bond acceptors (Lipinski definition) is 7. The first kappa shape index (κ1) is 11.9. The van der Waals surface area contributed by atoms with E-state index >= 15 is 0 Å². The number of hydrogen-bond donors (Lipinski definition) is 1. The van der Waals surface area contributed by atoms with Gasteiger partial charge in [0, 0.05) is 5.75 Å². The van der Waals surface area contributed by atoms with Gasteiger partial charge in [-0.25, -0.2) is 4.68 Å². The first-order valence-corrected chi connectivity index (χ1v) is 5.42. The lowest BCUT2D eigenvalue weighted by Crippen LogP contribution is -2.14. The summed E-state index contributed by atoms with van der Waals surface area (Å²) in [6, 6.07) is 0. The molecule has 0 aliphatic heterocycles. The molecule has 15 heavy (non-hydrogen) atoms. The molecule has 0 aliphatic carbocycles. The van der Waals surface area contributed by atoms with E-state index in [1.165, 1.54) is 23.6 Å². The monoisotopic (exact) mass is 231 g/mol. The summed E-state index contributed by atoms with van der Waals surface area (Å²) in [4.78, 5) is 11.0. The molecule has 7 nitrogen and oxygen atoms in total. The van der Waals surface area contributed by atoms with E-state index in [4.69, 9.17) is 5.73 Å². The summed E-state index contributed by atoms with van der Waals surface area (Å²) in [6.45, 7) is 0.667. The lowest BCUT2D eigenvalue weighted by atomic mass is 10.5. The molecule has 0 radical (unpaired) electrons. The zero-order chi connectivity index (χ0) is 11.1. The second-order valence-corrected chi connectivity index (χ2v) is 3.75. The van der Waals surface area contributed by atoms with E-state index < -0.39 is 0 Å². The van der Waals surface area contributed by atoms with Crippen molar-refractivity contribution in [3.8, 4) is 0 Å². The zero-order valence-corrected chi connectivity index (χ0v) is 9.24. The van der Waals surface area contributed by atoms with Crippen LogP contribution < -0.4 is 5.73 Å². The summed E-state index contributed by atoms with van der Waals surface area (Å²) in [6.07, 6.45) is 0.885. The number of thioether (sulfide) groups is 1. The standard InChI is InChI=1S/C7H13N5O2S/c1-14-6(13)5-12-7(9-10-11-12)15-4-2-3-8/h2-5,8H2,1H3. The minimum absolute atomic E-state index is 0.0362. The van der Waals surface area contributed by atoms with Crippen molar-refractivity contribution in [1.82, 2.24) is 20.2 Å². The van der Waals surface area contributed by atoms with Crippen LogP contribution in [0, 0.1) is 0 Å². The Labute approximate surface area is 91.3 Å². The molecule has 0 saturated carbocycles. The molecule has 0 amide bonds. The third kappa shape index (κ3) is 3.84. The molecule has 0 fully saturated rings. The number of esters is 1. The highest BCUT2D eigenvalue weighted by Gasteiger charge is 2.10. The van der Waals surface area contributed by atoms with Crippen LogP contribution >= 0.6 is 11.8 Å². The van der Waals surface area contributed by atoms with Crippen molar-refractivity contribution in [3.05, 3.63) is 0 Å². The first-order valence-electron chi connectivity index (χ1n) is 4.43. The summed E-state index contributed by atoms with van der Waals surface area (Å²) >= 11 is 1.47. The molecule has 1 aromatic rings.